The molecule has 1 fully saturated rings. The Hall–Kier alpha value is -4.59. The van der Waals surface area contributed by atoms with E-state index >= 15 is 0 Å². The van der Waals surface area contributed by atoms with E-state index in [9.17, 15) is 9.59 Å². The monoisotopic (exact) mass is 523 g/mol. The lowest BCUT2D eigenvalue weighted by Crippen LogP contribution is -2.50. The highest BCUT2D eigenvalue weighted by Crippen LogP contribution is 2.25. The standard InChI is InChI=1S/C31H33N5O3/c1-31(2,3)39-30(38)35-20-18-34(19-21-35)25-16-14-24(15-17-25)28(37)33-29-32-27(23-10-6-4-7-11-23)22-36(29)26-12-8-5-9-13-26/h4-17,22H,18-21H2,1-3H3,(H,32,33,37). The number of nitrogens with one attached hydrogen (secondary N) is 1. The predicted octanol–water partition coefficient (Wildman–Crippen LogP) is 5.85. The number of ether oxygens (including phenoxy) is 1. The minimum Gasteiger partial charge on any atom is -0.444 e. The number of amides is 2. The first-order chi connectivity index (χ1) is 18.8. The minimum atomic E-state index is -0.508. The van der Waals surface area contributed by atoms with Crippen molar-refractivity contribution < 1.29 is 14.3 Å². The van der Waals surface area contributed by atoms with Crippen molar-refractivity contribution in [1.82, 2.24) is 14.5 Å². The summed E-state index contributed by atoms with van der Waals surface area (Å²) in [6.07, 6.45) is 1.65. The fourth-order valence-electron chi connectivity index (χ4n) is 4.47. The van der Waals surface area contributed by atoms with Gasteiger partial charge in [0.25, 0.3) is 5.91 Å². The van der Waals surface area contributed by atoms with Crippen LogP contribution in [0, 0.1) is 0 Å². The summed E-state index contributed by atoms with van der Waals surface area (Å²) in [5.74, 6) is 0.214. The van der Waals surface area contributed by atoms with Gasteiger partial charge in [0.1, 0.15) is 5.60 Å². The average molecular weight is 524 g/mol. The number of carbonyl (C=O) groups is 2. The summed E-state index contributed by atoms with van der Waals surface area (Å²) in [5, 5.41) is 2.99. The van der Waals surface area contributed by atoms with E-state index in [1.54, 1.807) is 4.90 Å². The molecule has 4 aromatic rings. The highest BCUT2D eigenvalue weighted by Gasteiger charge is 2.26. The number of hydrogen-bond donors (Lipinski definition) is 1. The van der Waals surface area contributed by atoms with E-state index in [4.69, 9.17) is 9.72 Å². The van der Waals surface area contributed by atoms with E-state index in [0.717, 1.165) is 22.6 Å². The Bertz CT molecular complexity index is 1420. The summed E-state index contributed by atoms with van der Waals surface area (Å²) < 4.78 is 7.38. The SMILES string of the molecule is CC(C)(C)OC(=O)N1CCN(c2ccc(C(=O)Nc3nc(-c4ccccc4)cn3-c3ccccc3)cc2)CC1. The summed E-state index contributed by atoms with van der Waals surface area (Å²) >= 11 is 0. The highest BCUT2D eigenvalue weighted by atomic mass is 16.6. The molecular weight excluding hydrogens is 490 g/mol. The van der Waals surface area contributed by atoms with Gasteiger partial charge in [-0.2, -0.15) is 0 Å². The molecule has 1 aliphatic heterocycles. The molecule has 0 saturated carbocycles. The van der Waals surface area contributed by atoms with Crippen LogP contribution >= 0.6 is 0 Å². The molecule has 1 aliphatic rings. The van der Waals surface area contributed by atoms with Gasteiger partial charge in [-0.1, -0.05) is 48.5 Å². The van der Waals surface area contributed by atoms with E-state index in [1.165, 1.54) is 0 Å². The number of rotatable bonds is 5. The number of anilines is 2. The molecule has 0 spiro atoms. The Morgan fingerprint density at radius 3 is 2.03 bits per heavy atom. The molecule has 1 saturated heterocycles. The van der Waals surface area contributed by atoms with Crippen LogP contribution in [0.4, 0.5) is 16.4 Å². The Kier molecular flexibility index (Phi) is 7.36. The van der Waals surface area contributed by atoms with Crippen LogP contribution in [0.5, 0.6) is 0 Å². The van der Waals surface area contributed by atoms with Gasteiger partial charge >= 0.3 is 6.09 Å². The molecule has 0 aliphatic carbocycles. The van der Waals surface area contributed by atoms with Gasteiger partial charge in [0, 0.05) is 54.9 Å². The zero-order chi connectivity index (χ0) is 27.4. The van der Waals surface area contributed by atoms with Gasteiger partial charge in [0.2, 0.25) is 5.95 Å². The van der Waals surface area contributed by atoms with Gasteiger partial charge in [-0.3, -0.25) is 14.7 Å². The lowest BCUT2D eigenvalue weighted by molar-refractivity contribution is 0.0240. The number of para-hydroxylation sites is 1. The lowest BCUT2D eigenvalue weighted by Gasteiger charge is -2.36. The molecular formula is C31H33N5O3. The summed E-state index contributed by atoms with van der Waals surface area (Å²) in [6, 6.07) is 27.2. The molecule has 3 aromatic carbocycles. The van der Waals surface area contributed by atoms with Crippen LogP contribution in [0.1, 0.15) is 31.1 Å². The van der Waals surface area contributed by atoms with Gasteiger partial charge in [0.05, 0.1) is 5.69 Å². The first-order valence-electron chi connectivity index (χ1n) is 13.1. The molecule has 2 amide bonds. The highest BCUT2D eigenvalue weighted by molar-refractivity contribution is 6.03. The molecule has 1 aromatic heterocycles. The number of aromatic nitrogens is 2. The topological polar surface area (TPSA) is 79.7 Å². The van der Waals surface area contributed by atoms with Gasteiger partial charge in [-0.25, -0.2) is 9.78 Å². The van der Waals surface area contributed by atoms with E-state index in [1.807, 2.05) is 116 Å². The first kappa shape index (κ1) is 26.0. The summed E-state index contributed by atoms with van der Waals surface area (Å²) in [7, 11) is 0. The number of hydrogen-bond acceptors (Lipinski definition) is 5. The number of piperazine rings is 1. The number of nitrogens with zero attached hydrogens (tertiary/aromatic N) is 4. The van der Waals surface area contributed by atoms with Gasteiger partial charge in [0.15, 0.2) is 0 Å². The van der Waals surface area contributed by atoms with Crippen molar-refractivity contribution in [2.24, 2.45) is 0 Å². The maximum absolute atomic E-state index is 13.2. The Labute approximate surface area is 228 Å². The van der Waals surface area contributed by atoms with E-state index in [0.29, 0.717) is 37.7 Å². The van der Waals surface area contributed by atoms with Crippen molar-refractivity contribution in [3.63, 3.8) is 0 Å². The van der Waals surface area contributed by atoms with Crippen molar-refractivity contribution in [3.8, 4) is 16.9 Å². The van der Waals surface area contributed by atoms with Crippen LogP contribution in [0.3, 0.4) is 0 Å². The second-order valence-corrected chi connectivity index (χ2v) is 10.5. The third-order valence-corrected chi connectivity index (χ3v) is 6.46. The molecule has 2 heterocycles. The molecule has 5 rings (SSSR count). The third-order valence-electron chi connectivity index (χ3n) is 6.46. The quantitative estimate of drug-likeness (QED) is 0.355. The minimum absolute atomic E-state index is 0.237. The van der Waals surface area contributed by atoms with Crippen molar-refractivity contribution in [1.29, 1.82) is 0 Å². The van der Waals surface area contributed by atoms with Crippen LogP contribution < -0.4 is 10.2 Å². The molecule has 0 atom stereocenters. The van der Waals surface area contributed by atoms with Gasteiger partial charge in [-0.15, -0.1) is 0 Å². The summed E-state index contributed by atoms with van der Waals surface area (Å²) in [5.41, 5.74) is 3.69. The van der Waals surface area contributed by atoms with Crippen molar-refractivity contribution in [2.45, 2.75) is 26.4 Å². The molecule has 0 bridgehead atoms. The number of carbonyl (C=O) groups excluding carboxylic acids is 2. The second-order valence-electron chi connectivity index (χ2n) is 10.5. The fourth-order valence-corrected chi connectivity index (χ4v) is 4.47. The maximum atomic E-state index is 13.2. The summed E-state index contributed by atoms with van der Waals surface area (Å²) in [6.45, 7) is 8.18. The molecule has 8 heteroatoms. The normalized spacial score (nSPS) is 13.7. The van der Waals surface area contributed by atoms with E-state index < -0.39 is 5.60 Å². The van der Waals surface area contributed by atoms with Crippen LogP contribution in [-0.4, -0.2) is 58.2 Å². The molecule has 0 unspecified atom stereocenters. The predicted molar refractivity (Wildman–Crippen MR) is 153 cm³/mol. The Morgan fingerprint density at radius 2 is 1.41 bits per heavy atom. The Balaban J connectivity index is 1.27. The van der Waals surface area contributed by atoms with Crippen LogP contribution in [0.15, 0.2) is 91.1 Å². The number of benzene rings is 3. The molecule has 8 nitrogen and oxygen atoms in total. The average Bonchev–Trinajstić information content (AvgIpc) is 3.37. The Morgan fingerprint density at radius 1 is 0.795 bits per heavy atom. The van der Waals surface area contributed by atoms with Crippen molar-refractivity contribution >= 4 is 23.6 Å². The van der Waals surface area contributed by atoms with Gasteiger partial charge < -0.3 is 14.5 Å². The van der Waals surface area contributed by atoms with E-state index in [2.05, 4.69) is 10.2 Å². The maximum Gasteiger partial charge on any atom is 0.410 e. The van der Waals surface area contributed by atoms with E-state index in [-0.39, 0.29) is 12.0 Å². The fraction of sp³-hybridized carbons (Fsp3) is 0.258. The smallest absolute Gasteiger partial charge is 0.410 e. The third kappa shape index (κ3) is 6.29. The van der Waals surface area contributed by atoms with Crippen LogP contribution in [0.25, 0.3) is 16.9 Å². The van der Waals surface area contributed by atoms with Crippen molar-refractivity contribution in [2.75, 3.05) is 36.4 Å². The van der Waals surface area contributed by atoms with Gasteiger partial charge in [-0.05, 0) is 57.2 Å². The largest absolute Gasteiger partial charge is 0.444 e. The second kappa shape index (κ2) is 11.0. The van der Waals surface area contributed by atoms with Crippen LogP contribution in [-0.2, 0) is 4.74 Å². The zero-order valence-corrected chi connectivity index (χ0v) is 22.5. The molecule has 1 N–H and O–H groups in total. The molecule has 200 valence electrons. The van der Waals surface area contributed by atoms with Crippen molar-refractivity contribution in [3.05, 3.63) is 96.7 Å². The van der Waals surface area contributed by atoms with Crippen LogP contribution in [0.2, 0.25) is 0 Å². The first-order valence-corrected chi connectivity index (χ1v) is 13.1. The summed E-state index contributed by atoms with van der Waals surface area (Å²) in [4.78, 5) is 34.3. The molecule has 39 heavy (non-hydrogen) atoms. The zero-order valence-electron chi connectivity index (χ0n) is 22.5. The molecule has 0 radical (unpaired) electrons. The lowest BCUT2D eigenvalue weighted by atomic mass is 10.1. The number of imidazole rings is 1.